The lowest BCUT2D eigenvalue weighted by Gasteiger charge is -2.30. The van der Waals surface area contributed by atoms with Gasteiger partial charge in [0.1, 0.15) is 0 Å². The zero-order valence-electron chi connectivity index (χ0n) is 11.2. The van der Waals surface area contributed by atoms with E-state index in [1.165, 1.54) is 12.8 Å². The van der Waals surface area contributed by atoms with E-state index >= 15 is 0 Å². The van der Waals surface area contributed by atoms with E-state index in [0.29, 0.717) is 0 Å². The minimum Gasteiger partial charge on any atom is -0.324 e. The summed E-state index contributed by atoms with van der Waals surface area (Å²) in [5, 5.41) is 0. The standard InChI is InChI=1S/C12H29N3/c1-6-8-12(2,13)11-15(5)10-7-9-14(3)4/h6-11,13H2,1-5H3. The summed E-state index contributed by atoms with van der Waals surface area (Å²) in [6.07, 6.45) is 3.48. The predicted molar refractivity (Wildman–Crippen MR) is 68.2 cm³/mol. The molecule has 2 N–H and O–H groups in total. The van der Waals surface area contributed by atoms with Gasteiger partial charge in [-0.15, -0.1) is 0 Å². The highest BCUT2D eigenvalue weighted by molar-refractivity contribution is 4.81. The number of nitrogens with zero attached hydrogens (tertiary/aromatic N) is 2. The largest absolute Gasteiger partial charge is 0.324 e. The van der Waals surface area contributed by atoms with Crippen LogP contribution < -0.4 is 5.73 Å². The van der Waals surface area contributed by atoms with Gasteiger partial charge in [-0.05, 0) is 54.0 Å². The fourth-order valence-electron chi connectivity index (χ4n) is 2.00. The van der Waals surface area contributed by atoms with Crippen molar-refractivity contribution in [1.82, 2.24) is 9.80 Å². The molecule has 0 heterocycles. The maximum absolute atomic E-state index is 6.21. The monoisotopic (exact) mass is 215 g/mol. The van der Waals surface area contributed by atoms with Crippen molar-refractivity contribution >= 4 is 0 Å². The smallest absolute Gasteiger partial charge is 0.0254 e. The molecule has 0 radical (unpaired) electrons. The second-order valence-corrected chi connectivity index (χ2v) is 5.30. The molecular formula is C12H29N3. The molecule has 0 bridgehead atoms. The predicted octanol–water partition coefficient (Wildman–Crippen LogP) is 1.39. The summed E-state index contributed by atoms with van der Waals surface area (Å²) in [4.78, 5) is 4.57. The summed E-state index contributed by atoms with van der Waals surface area (Å²) in [5.41, 5.74) is 6.18. The van der Waals surface area contributed by atoms with Gasteiger partial charge in [0.15, 0.2) is 0 Å². The van der Waals surface area contributed by atoms with Gasteiger partial charge >= 0.3 is 0 Å². The van der Waals surface area contributed by atoms with E-state index < -0.39 is 0 Å². The topological polar surface area (TPSA) is 32.5 Å². The molecule has 3 nitrogen and oxygen atoms in total. The van der Waals surface area contributed by atoms with Gasteiger partial charge in [-0.1, -0.05) is 13.3 Å². The molecule has 92 valence electrons. The fourth-order valence-corrected chi connectivity index (χ4v) is 2.00. The van der Waals surface area contributed by atoms with Crippen molar-refractivity contribution in [1.29, 1.82) is 0 Å². The van der Waals surface area contributed by atoms with E-state index in [0.717, 1.165) is 26.1 Å². The molecule has 0 aromatic carbocycles. The Labute approximate surface area is 95.6 Å². The highest BCUT2D eigenvalue weighted by atomic mass is 15.1. The molecule has 0 aliphatic rings. The molecule has 0 aromatic rings. The maximum Gasteiger partial charge on any atom is 0.0254 e. The Morgan fingerprint density at radius 2 is 1.73 bits per heavy atom. The van der Waals surface area contributed by atoms with Crippen LogP contribution in [0.1, 0.15) is 33.1 Å². The van der Waals surface area contributed by atoms with Crippen molar-refractivity contribution in [2.75, 3.05) is 40.8 Å². The van der Waals surface area contributed by atoms with Crippen LogP contribution in [0.5, 0.6) is 0 Å². The second kappa shape index (κ2) is 7.20. The number of likely N-dealkylation sites (N-methyl/N-ethyl adjacent to an activating group) is 1. The van der Waals surface area contributed by atoms with Crippen LogP contribution in [0.25, 0.3) is 0 Å². The Morgan fingerprint density at radius 3 is 2.20 bits per heavy atom. The summed E-state index contributed by atoms with van der Waals surface area (Å²) in [6.45, 7) is 7.62. The number of hydrogen-bond donors (Lipinski definition) is 1. The number of rotatable bonds is 8. The van der Waals surface area contributed by atoms with Crippen LogP contribution in [0, 0.1) is 0 Å². The lowest BCUT2D eigenvalue weighted by atomic mass is 9.97. The summed E-state index contributed by atoms with van der Waals surface area (Å²) in [5.74, 6) is 0. The quantitative estimate of drug-likeness (QED) is 0.664. The Kier molecular flexibility index (Phi) is 7.14. The van der Waals surface area contributed by atoms with E-state index in [1.807, 2.05) is 0 Å². The zero-order valence-corrected chi connectivity index (χ0v) is 11.2. The van der Waals surface area contributed by atoms with Crippen molar-refractivity contribution in [2.45, 2.75) is 38.6 Å². The van der Waals surface area contributed by atoms with Gasteiger partial charge in [0.25, 0.3) is 0 Å². The van der Waals surface area contributed by atoms with E-state index in [4.69, 9.17) is 5.73 Å². The fraction of sp³-hybridized carbons (Fsp3) is 1.00. The highest BCUT2D eigenvalue weighted by Crippen LogP contribution is 2.09. The van der Waals surface area contributed by atoms with Crippen LogP contribution in [0.2, 0.25) is 0 Å². The van der Waals surface area contributed by atoms with E-state index in [9.17, 15) is 0 Å². The first kappa shape index (κ1) is 14.9. The Hall–Kier alpha value is -0.120. The average molecular weight is 215 g/mol. The molecule has 1 unspecified atom stereocenters. The van der Waals surface area contributed by atoms with Crippen LogP contribution in [-0.2, 0) is 0 Å². The van der Waals surface area contributed by atoms with Crippen LogP contribution >= 0.6 is 0 Å². The second-order valence-electron chi connectivity index (χ2n) is 5.30. The molecule has 0 aliphatic carbocycles. The third-order valence-electron chi connectivity index (χ3n) is 2.60. The number of nitrogens with two attached hydrogens (primary N) is 1. The molecule has 0 aromatic heterocycles. The first-order valence-electron chi connectivity index (χ1n) is 5.99. The highest BCUT2D eigenvalue weighted by Gasteiger charge is 2.18. The summed E-state index contributed by atoms with van der Waals surface area (Å²) >= 11 is 0. The van der Waals surface area contributed by atoms with Crippen molar-refractivity contribution in [3.05, 3.63) is 0 Å². The Bertz CT molecular complexity index is 155. The summed E-state index contributed by atoms with van der Waals surface area (Å²) in [6, 6.07) is 0. The third-order valence-corrected chi connectivity index (χ3v) is 2.60. The average Bonchev–Trinajstić information content (AvgIpc) is 2.01. The molecule has 0 amide bonds. The molecule has 0 rings (SSSR count). The maximum atomic E-state index is 6.21. The normalized spacial score (nSPS) is 16.0. The Balaban J connectivity index is 3.67. The third kappa shape index (κ3) is 8.85. The first-order valence-corrected chi connectivity index (χ1v) is 5.99. The molecule has 0 saturated carbocycles. The molecule has 0 aliphatic heterocycles. The minimum atomic E-state index is -0.0262. The van der Waals surface area contributed by atoms with Crippen molar-refractivity contribution in [2.24, 2.45) is 5.73 Å². The molecule has 15 heavy (non-hydrogen) atoms. The molecular weight excluding hydrogens is 186 g/mol. The van der Waals surface area contributed by atoms with Crippen LogP contribution in [0.3, 0.4) is 0 Å². The van der Waals surface area contributed by atoms with Gasteiger partial charge in [-0.3, -0.25) is 0 Å². The number of hydrogen-bond acceptors (Lipinski definition) is 3. The van der Waals surface area contributed by atoms with Gasteiger partial charge in [-0.2, -0.15) is 0 Å². The molecule has 0 fully saturated rings. The Morgan fingerprint density at radius 1 is 1.13 bits per heavy atom. The van der Waals surface area contributed by atoms with Gasteiger partial charge in [0.05, 0.1) is 0 Å². The summed E-state index contributed by atoms with van der Waals surface area (Å²) < 4.78 is 0. The SMILES string of the molecule is CCCC(C)(N)CN(C)CCCN(C)C. The lowest BCUT2D eigenvalue weighted by Crippen LogP contribution is -2.46. The lowest BCUT2D eigenvalue weighted by molar-refractivity contribution is 0.236. The van der Waals surface area contributed by atoms with Crippen molar-refractivity contribution < 1.29 is 0 Å². The molecule has 0 saturated heterocycles. The van der Waals surface area contributed by atoms with Gasteiger partial charge in [0.2, 0.25) is 0 Å². The van der Waals surface area contributed by atoms with Crippen LogP contribution in [-0.4, -0.2) is 56.1 Å². The molecule has 3 heteroatoms. The first-order chi connectivity index (χ1) is 6.87. The van der Waals surface area contributed by atoms with Crippen LogP contribution in [0.4, 0.5) is 0 Å². The molecule has 0 spiro atoms. The summed E-state index contributed by atoms with van der Waals surface area (Å²) in [7, 11) is 6.39. The van der Waals surface area contributed by atoms with E-state index in [1.54, 1.807) is 0 Å². The van der Waals surface area contributed by atoms with Crippen molar-refractivity contribution in [3.8, 4) is 0 Å². The van der Waals surface area contributed by atoms with Gasteiger partial charge in [-0.25, -0.2) is 0 Å². The zero-order chi connectivity index (χ0) is 11.9. The van der Waals surface area contributed by atoms with Crippen LogP contribution in [0.15, 0.2) is 0 Å². The van der Waals surface area contributed by atoms with E-state index in [2.05, 4.69) is 44.8 Å². The molecule has 1 atom stereocenters. The van der Waals surface area contributed by atoms with Gasteiger partial charge in [0, 0.05) is 12.1 Å². The minimum absolute atomic E-state index is 0.0262. The van der Waals surface area contributed by atoms with Gasteiger partial charge < -0.3 is 15.5 Å². The van der Waals surface area contributed by atoms with E-state index in [-0.39, 0.29) is 5.54 Å². The van der Waals surface area contributed by atoms with Crippen molar-refractivity contribution in [3.63, 3.8) is 0 Å².